The molecule has 0 aliphatic heterocycles. The molecule has 14 rings (SSSR count). The lowest BCUT2D eigenvalue weighted by Gasteiger charge is -2.13. The van der Waals surface area contributed by atoms with Gasteiger partial charge in [-0.25, -0.2) is 0 Å². The second-order valence-electron chi connectivity index (χ2n) is 15.6. The van der Waals surface area contributed by atoms with Gasteiger partial charge in [0.15, 0.2) is 0 Å². The van der Waals surface area contributed by atoms with Crippen molar-refractivity contribution >= 4 is 120 Å². The number of fused-ring (bicyclic) bond motifs is 20. The fourth-order valence-electron chi connectivity index (χ4n) is 10.2. The molecule has 0 bridgehead atoms. The Morgan fingerprint density at radius 2 is 0.672 bits per heavy atom. The van der Waals surface area contributed by atoms with Crippen molar-refractivity contribution in [3.63, 3.8) is 0 Å². The molecule has 0 N–H and O–H groups in total. The van der Waals surface area contributed by atoms with Gasteiger partial charge < -0.3 is 18.0 Å². The third-order valence-corrected chi connectivity index (χ3v) is 12.7. The summed E-state index contributed by atoms with van der Waals surface area (Å²) in [6, 6.07) is 65.8. The Morgan fingerprint density at radius 1 is 0.259 bits per heavy atom. The van der Waals surface area contributed by atoms with Gasteiger partial charge in [-0.1, -0.05) is 109 Å². The van der Waals surface area contributed by atoms with E-state index in [9.17, 15) is 0 Å². The molecule has 4 heterocycles. The molecule has 0 unspecified atom stereocenters. The highest BCUT2D eigenvalue weighted by atomic mass is 16.3. The zero-order valence-electron chi connectivity index (χ0n) is 31.0. The molecular formula is C54H30N2O2. The minimum absolute atomic E-state index is 0.888. The first-order valence-corrected chi connectivity index (χ1v) is 19.8. The van der Waals surface area contributed by atoms with E-state index in [2.05, 4.69) is 179 Å². The van der Waals surface area contributed by atoms with E-state index in [1.165, 1.54) is 37.7 Å². The van der Waals surface area contributed by atoms with Gasteiger partial charge in [-0.2, -0.15) is 0 Å². The van der Waals surface area contributed by atoms with Gasteiger partial charge in [0.1, 0.15) is 22.3 Å². The summed E-state index contributed by atoms with van der Waals surface area (Å²) in [5, 5.41) is 16.6. The Morgan fingerprint density at radius 3 is 1.26 bits per heavy atom. The number of nitrogens with zero attached hydrogens (tertiary/aromatic N) is 2. The second-order valence-corrected chi connectivity index (χ2v) is 15.6. The number of aromatic nitrogens is 2. The molecular weight excluding hydrogens is 709 g/mol. The van der Waals surface area contributed by atoms with Gasteiger partial charge in [0.25, 0.3) is 0 Å². The van der Waals surface area contributed by atoms with Crippen LogP contribution in [0.25, 0.3) is 131 Å². The standard InChI is InChI=1S/C54H30N2O2/c1-2-13-35-33(11-1)34-12-3-4-14-36(34)43-29-31(21-23-37(35)43)55-45-18-8-5-16-41(45)51-47(55)26-24-39-40-25-27-48-52(54(40)58-53(39)51)42-17-6-9-19-46(42)56(48)32-22-28-50-44(30-32)38-15-7-10-20-49(38)57-50/h1-30H. The largest absolute Gasteiger partial charge is 0.456 e. The first-order valence-electron chi connectivity index (χ1n) is 19.8. The van der Waals surface area contributed by atoms with E-state index in [-0.39, 0.29) is 0 Å². The van der Waals surface area contributed by atoms with Gasteiger partial charge in [0.2, 0.25) is 0 Å². The molecule has 0 atom stereocenters. The lowest BCUT2D eigenvalue weighted by atomic mass is 9.94. The smallest absolute Gasteiger partial charge is 0.145 e. The van der Waals surface area contributed by atoms with E-state index in [0.29, 0.717) is 0 Å². The summed E-state index contributed by atoms with van der Waals surface area (Å²) < 4.78 is 18.2. The van der Waals surface area contributed by atoms with Gasteiger partial charge >= 0.3 is 0 Å². The van der Waals surface area contributed by atoms with Crippen LogP contribution in [0.3, 0.4) is 0 Å². The molecule has 4 nitrogen and oxygen atoms in total. The predicted molar refractivity (Wildman–Crippen MR) is 242 cm³/mol. The summed E-state index contributed by atoms with van der Waals surface area (Å²) in [4.78, 5) is 0. The van der Waals surface area contributed by atoms with Crippen LogP contribution < -0.4 is 0 Å². The number of rotatable bonds is 2. The first kappa shape index (κ1) is 30.4. The van der Waals surface area contributed by atoms with Crippen LogP contribution in [0.2, 0.25) is 0 Å². The van der Waals surface area contributed by atoms with Gasteiger partial charge in [0.05, 0.1) is 32.8 Å². The zero-order chi connectivity index (χ0) is 37.6. The van der Waals surface area contributed by atoms with Crippen LogP contribution in [0.5, 0.6) is 0 Å². The molecule has 0 saturated carbocycles. The molecule has 14 aromatic rings. The highest BCUT2D eigenvalue weighted by Gasteiger charge is 2.23. The van der Waals surface area contributed by atoms with Crippen LogP contribution in [0.1, 0.15) is 0 Å². The molecule has 58 heavy (non-hydrogen) atoms. The molecule has 0 aliphatic rings. The van der Waals surface area contributed by atoms with Crippen LogP contribution in [0.4, 0.5) is 0 Å². The maximum Gasteiger partial charge on any atom is 0.145 e. The first-order chi connectivity index (χ1) is 28.8. The molecule has 4 aromatic heterocycles. The van der Waals surface area contributed by atoms with E-state index >= 15 is 0 Å². The normalized spacial score (nSPS) is 12.5. The minimum Gasteiger partial charge on any atom is -0.456 e. The SMILES string of the molecule is c1ccc2c(c1)oc1ccc(-n3c4ccccc4c4c5oc6c(ccc7c6c6ccccc6n7-c6ccc7c8ccccc8c8ccccc8c7c6)c5ccc43)cc12. The summed E-state index contributed by atoms with van der Waals surface area (Å²) in [7, 11) is 0. The summed E-state index contributed by atoms with van der Waals surface area (Å²) in [5.41, 5.74) is 10.3. The maximum atomic E-state index is 7.24. The minimum atomic E-state index is 0.888. The summed E-state index contributed by atoms with van der Waals surface area (Å²) >= 11 is 0. The quantitative estimate of drug-likeness (QED) is 0.166. The third-order valence-electron chi connectivity index (χ3n) is 12.7. The van der Waals surface area contributed by atoms with Crippen LogP contribution in [-0.4, -0.2) is 9.13 Å². The molecule has 10 aromatic carbocycles. The summed E-state index contributed by atoms with van der Waals surface area (Å²) in [6.07, 6.45) is 0. The van der Waals surface area contributed by atoms with Crippen molar-refractivity contribution in [2.75, 3.05) is 0 Å². The fraction of sp³-hybridized carbons (Fsp3) is 0. The van der Waals surface area contributed by atoms with Crippen molar-refractivity contribution in [3.05, 3.63) is 182 Å². The Kier molecular flexibility index (Phi) is 5.73. The lowest BCUT2D eigenvalue weighted by molar-refractivity contribution is 0.669. The highest BCUT2D eigenvalue weighted by molar-refractivity contribution is 6.30. The van der Waals surface area contributed by atoms with E-state index < -0.39 is 0 Å². The maximum absolute atomic E-state index is 7.24. The lowest BCUT2D eigenvalue weighted by Crippen LogP contribution is -1.94. The average Bonchev–Trinajstić information content (AvgIpc) is 4.03. The monoisotopic (exact) mass is 738 g/mol. The van der Waals surface area contributed by atoms with Crippen molar-refractivity contribution in [2.45, 2.75) is 0 Å². The molecule has 0 spiro atoms. The van der Waals surface area contributed by atoms with Crippen LogP contribution in [0.15, 0.2) is 191 Å². The van der Waals surface area contributed by atoms with E-state index in [1.807, 2.05) is 12.1 Å². The Bertz CT molecular complexity index is 4060. The van der Waals surface area contributed by atoms with Crippen molar-refractivity contribution in [3.8, 4) is 11.4 Å². The van der Waals surface area contributed by atoms with Crippen LogP contribution >= 0.6 is 0 Å². The van der Waals surface area contributed by atoms with E-state index in [4.69, 9.17) is 8.83 Å². The number of para-hydroxylation sites is 3. The second kappa shape index (κ2) is 10.9. The molecule has 0 radical (unpaired) electrons. The Hall–Kier alpha value is -7.82. The van der Waals surface area contributed by atoms with E-state index in [1.54, 1.807) is 0 Å². The van der Waals surface area contributed by atoms with Crippen molar-refractivity contribution in [2.24, 2.45) is 0 Å². The number of benzene rings is 10. The number of hydrogen-bond acceptors (Lipinski definition) is 2. The van der Waals surface area contributed by atoms with Crippen LogP contribution in [-0.2, 0) is 0 Å². The summed E-state index contributed by atoms with van der Waals surface area (Å²) in [5.74, 6) is 0. The topological polar surface area (TPSA) is 36.1 Å². The van der Waals surface area contributed by atoms with Crippen molar-refractivity contribution in [1.82, 2.24) is 9.13 Å². The average molecular weight is 739 g/mol. The van der Waals surface area contributed by atoms with Crippen molar-refractivity contribution < 1.29 is 8.83 Å². The van der Waals surface area contributed by atoms with E-state index in [0.717, 1.165) is 93.5 Å². The molecule has 4 heteroatoms. The highest BCUT2D eigenvalue weighted by Crippen LogP contribution is 2.46. The zero-order valence-corrected chi connectivity index (χ0v) is 31.0. The van der Waals surface area contributed by atoms with Crippen molar-refractivity contribution in [1.29, 1.82) is 0 Å². The van der Waals surface area contributed by atoms with Gasteiger partial charge in [0, 0.05) is 43.7 Å². The Labute approximate surface area is 329 Å². The number of furan rings is 2. The van der Waals surface area contributed by atoms with Gasteiger partial charge in [-0.3, -0.25) is 0 Å². The number of hydrogen-bond donors (Lipinski definition) is 0. The molecule has 0 aliphatic carbocycles. The molecule has 0 amide bonds. The van der Waals surface area contributed by atoms with Crippen LogP contribution in [0, 0.1) is 0 Å². The molecule has 0 saturated heterocycles. The third kappa shape index (κ3) is 3.84. The molecule has 268 valence electrons. The van der Waals surface area contributed by atoms with Gasteiger partial charge in [-0.15, -0.1) is 0 Å². The predicted octanol–water partition coefficient (Wildman–Crippen LogP) is 15.1. The molecule has 0 fully saturated rings. The van der Waals surface area contributed by atoms with Gasteiger partial charge in [-0.05, 0) is 105 Å². The fourth-order valence-corrected chi connectivity index (χ4v) is 10.2. The Balaban J connectivity index is 1.05. The summed E-state index contributed by atoms with van der Waals surface area (Å²) in [6.45, 7) is 0.